The molecule has 0 spiro atoms. The van der Waals surface area contributed by atoms with Crippen molar-refractivity contribution in [2.24, 2.45) is 5.10 Å². The molecule has 0 aliphatic heterocycles. The van der Waals surface area contributed by atoms with E-state index >= 15 is 0 Å². The maximum Gasteiger partial charge on any atom is 0.271 e. The minimum Gasteiger partial charge on any atom is -0.319 e. The van der Waals surface area contributed by atoms with Gasteiger partial charge in [-0.2, -0.15) is 5.10 Å². The Morgan fingerprint density at radius 2 is 1.82 bits per heavy atom. The zero-order chi connectivity index (χ0) is 19.3. The second-order valence-electron chi connectivity index (χ2n) is 6.11. The van der Waals surface area contributed by atoms with Crippen molar-refractivity contribution in [1.29, 1.82) is 0 Å². The Morgan fingerprint density at radius 3 is 2.61 bits per heavy atom. The highest BCUT2D eigenvalue weighted by atomic mass is 35.5. The summed E-state index contributed by atoms with van der Waals surface area (Å²) in [6.45, 7) is 0.608. The number of nitrogens with one attached hydrogen (secondary N) is 1. The van der Waals surface area contributed by atoms with E-state index in [1.165, 1.54) is 0 Å². The van der Waals surface area contributed by atoms with E-state index in [4.69, 9.17) is 11.6 Å². The van der Waals surface area contributed by atoms with E-state index in [2.05, 4.69) is 20.5 Å². The summed E-state index contributed by atoms with van der Waals surface area (Å²) in [6.07, 6.45) is 4.67. The largest absolute Gasteiger partial charge is 0.319 e. The average Bonchev–Trinajstić information content (AvgIpc) is 3.07. The van der Waals surface area contributed by atoms with Gasteiger partial charge in [-0.25, -0.2) is 10.4 Å². The Labute approximate surface area is 166 Å². The average molecular weight is 390 g/mol. The predicted molar refractivity (Wildman–Crippen MR) is 110 cm³/mol. The second-order valence-corrected chi connectivity index (χ2v) is 6.54. The minimum atomic E-state index is -0.306. The molecule has 0 bridgehead atoms. The lowest BCUT2D eigenvalue weighted by Crippen LogP contribution is -2.18. The Morgan fingerprint density at radius 1 is 1.07 bits per heavy atom. The first-order valence-electron chi connectivity index (χ1n) is 8.64. The smallest absolute Gasteiger partial charge is 0.271 e. The lowest BCUT2D eigenvalue weighted by molar-refractivity contribution is 0.0955. The Bertz CT molecular complexity index is 1140. The van der Waals surface area contributed by atoms with Crippen LogP contribution in [0.4, 0.5) is 0 Å². The number of imidazole rings is 1. The van der Waals surface area contributed by atoms with Crippen LogP contribution in [-0.2, 0) is 6.54 Å². The number of carbonyl (C=O) groups is 1. The van der Waals surface area contributed by atoms with E-state index in [0.717, 1.165) is 16.6 Å². The summed E-state index contributed by atoms with van der Waals surface area (Å²) in [5, 5.41) is 4.77. The fourth-order valence-electron chi connectivity index (χ4n) is 2.85. The van der Waals surface area contributed by atoms with E-state index < -0.39 is 0 Å². The maximum absolute atomic E-state index is 12.1. The topological polar surface area (TPSA) is 72.2 Å². The first-order valence-corrected chi connectivity index (χ1v) is 9.01. The maximum atomic E-state index is 12.1. The molecule has 0 atom stereocenters. The molecule has 28 heavy (non-hydrogen) atoms. The summed E-state index contributed by atoms with van der Waals surface area (Å²) < 4.78 is 2.04. The van der Waals surface area contributed by atoms with Crippen LogP contribution >= 0.6 is 11.6 Å². The Hall–Kier alpha value is -3.51. The highest BCUT2D eigenvalue weighted by Crippen LogP contribution is 2.18. The number of aromatic nitrogens is 3. The van der Waals surface area contributed by atoms with E-state index in [-0.39, 0.29) is 5.91 Å². The summed E-state index contributed by atoms with van der Waals surface area (Å²) in [4.78, 5) is 20.6. The van der Waals surface area contributed by atoms with Gasteiger partial charge < -0.3 is 4.57 Å². The quantitative estimate of drug-likeness (QED) is 0.415. The first kappa shape index (κ1) is 17.9. The van der Waals surface area contributed by atoms with E-state index in [1.807, 2.05) is 53.1 Å². The van der Waals surface area contributed by atoms with Crippen LogP contribution in [0.3, 0.4) is 0 Å². The molecule has 0 saturated heterocycles. The minimum absolute atomic E-state index is 0.306. The van der Waals surface area contributed by atoms with E-state index in [9.17, 15) is 4.79 Å². The van der Waals surface area contributed by atoms with Gasteiger partial charge in [0.15, 0.2) is 5.82 Å². The number of hydrogen-bond acceptors (Lipinski definition) is 4. The van der Waals surface area contributed by atoms with Crippen molar-refractivity contribution in [2.45, 2.75) is 6.54 Å². The van der Waals surface area contributed by atoms with Gasteiger partial charge in [-0.15, -0.1) is 0 Å². The van der Waals surface area contributed by atoms with Gasteiger partial charge in [0.25, 0.3) is 5.91 Å². The number of nitrogens with zero attached hydrogens (tertiary/aromatic N) is 4. The molecule has 4 aromatic rings. The number of hydrogen-bond donors (Lipinski definition) is 1. The highest BCUT2D eigenvalue weighted by molar-refractivity contribution is 6.30. The van der Waals surface area contributed by atoms with Crippen molar-refractivity contribution in [3.63, 3.8) is 0 Å². The Balaban J connectivity index is 1.61. The zero-order valence-electron chi connectivity index (χ0n) is 14.8. The summed E-state index contributed by atoms with van der Waals surface area (Å²) in [6, 6.07) is 18.8. The zero-order valence-corrected chi connectivity index (χ0v) is 15.5. The van der Waals surface area contributed by atoms with Crippen molar-refractivity contribution >= 4 is 34.8 Å². The molecule has 0 aliphatic carbocycles. The summed E-state index contributed by atoms with van der Waals surface area (Å²) in [7, 11) is 0. The van der Waals surface area contributed by atoms with Crippen LogP contribution in [0.5, 0.6) is 0 Å². The highest BCUT2D eigenvalue weighted by Gasteiger charge is 2.10. The molecule has 0 fully saturated rings. The Kier molecular flexibility index (Phi) is 5.12. The number of halogens is 1. The molecular weight excluding hydrogens is 374 g/mol. The van der Waals surface area contributed by atoms with Crippen LogP contribution < -0.4 is 5.43 Å². The van der Waals surface area contributed by atoms with Crippen molar-refractivity contribution < 1.29 is 4.79 Å². The molecule has 0 unspecified atom stereocenters. The van der Waals surface area contributed by atoms with Crippen molar-refractivity contribution in [2.75, 3.05) is 0 Å². The van der Waals surface area contributed by atoms with Crippen LogP contribution in [0.25, 0.3) is 11.0 Å². The molecule has 7 heteroatoms. The summed E-state index contributed by atoms with van der Waals surface area (Å²) >= 11 is 5.98. The van der Waals surface area contributed by atoms with Gasteiger partial charge >= 0.3 is 0 Å². The SMILES string of the molecule is O=C(NN=Cc1nc2ccccc2n1Cc1ccc(Cl)cc1)c1ccncc1. The molecular formula is C21H16ClN5O. The van der Waals surface area contributed by atoms with Gasteiger partial charge in [-0.1, -0.05) is 35.9 Å². The van der Waals surface area contributed by atoms with E-state index in [0.29, 0.717) is 23.0 Å². The molecule has 0 aliphatic rings. The lowest BCUT2D eigenvalue weighted by atomic mass is 10.2. The third-order valence-corrected chi connectivity index (χ3v) is 4.48. The fourth-order valence-corrected chi connectivity index (χ4v) is 2.97. The summed E-state index contributed by atoms with van der Waals surface area (Å²) in [5.41, 5.74) is 5.94. The standard InChI is InChI=1S/C21H16ClN5O/c22-17-7-5-15(6-8-17)14-27-19-4-2-1-3-18(19)25-20(27)13-24-26-21(28)16-9-11-23-12-10-16/h1-13H,14H2,(H,26,28). The third-order valence-electron chi connectivity index (χ3n) is 4.23. The van der Waals surface area contributed by atoms with Crippen molar-refractivity contribution in [3.8, 4) is 0 Å². The number of hydrazone groups is 1. The number of amides is 1. The van der Waals surface area contributed by atoms with Crippen molar-refractivity contribution in [3.05, 3.63) is 95.0 Å². The van der Waals surface area contributed by atoms with E-state index in [1.54, 1.807) is 30.7 Å². The number of carbonyl (C=O) groups excluding carboxylic acids is 1. The molecule has 1 N–H and O–H groups in total. The molecule has 4 rings (SSSR count). The van der Waals surface area contributed by atoms with Crippen molar-refractivity contribution in [1.82, 2.24) is 20.0 Å². The van der Waals surface area contributed by atoms with Crippen LogP contribution in [0.1, 0.15) is 21.7 Å². The molecule has 1 amide bonds. The molecule has 2 heterocycles. The van der Waals surface area contributed by atoms with Crippen LogP contribution in [0, 0.1) is 0 Å². The fraction of sp³-hybridized carbons (Fsp3) is 0.0476. The molecule has 0 saturated carbocycles. The summed E-state index contributed by atoms with van der Waals surface area (Å²) in [5.74, 6) is 0.338. The second kappa shape index (κ2) is 8.02. The van der Waals surface area contributed by atoms with Gasteiger partial charge in [0.2, 0.25) is 0 Å². The van der Waals surface area contributed by atoms with Gasteiger partial charge in [0, 0.05) is 29.5 Å². The number of para-hydroxylation sites is 2. The normalized spacial score (nSPS) is 11.2. The molecule has 2 aromatic heterocycles. The lowest BCUT2D eigenvalue weighted by Gasteiger charge is -2.07. The predicted octanol–water partition coefficient (Wildman–Crippen LogP) is 3.90. The number of rotatable bonds is 5. The van der Waals surface area contributed by atoms with Crippen LogP contribution in [0.15, 0.2) is 78.2 Å². The van der Waals surface area contributed by atoms with Gasteiger partial charge in [-0.05, 0) is 42.0 Å². The van der Waals surface area contributed by atoms with Gasteiger partial charge in [-0.3, -0.25) is 9.78 Å². The number of fused-ring (bicyclic) bond motifs is 1. The first-order chi connectivity index (χ1) is 13.7. The number of benzene rings is 2. The monoisotopic (exact) mass is 389 g/mol. The van der Waals surface area contributed by atoms with Crippen LogP contribution in [0.2, 0.25) is 5.02 Å². The number of pyridine rings is 1. The van der Waals surface area contributed by atoms with Gasteiger partial charge in [0.1, 0.15) is 0 Å². The molecule has 2 aromatic carbocycles. The third kappa shape index (κ3) is 3.92. The molecule has 138 valence electrons. The molecule has 6 nitrogen and oxygen atoms in total. The van der Waals surface area contributed by atoms with Crippen LogP contribution in [-0.4, -0.2) is 26.7 Å². The van der Waals surface area contributed by atoms with Gasteiger partial charge in [0.05, 0.1) is 17.2 Å². The molecule has 0 radical (unpaired) electrons.